The molecule has 0 aliphatic heterocycles. The third-order valence-electron chi connectivity index (χ3n) is 4.44. The molecule has 2 aromatic carbocycles. The number of halogens is 1. The maximum Gasteiger partial charge on any atom is 0.140 e. The van der Waals surface area contributed by atoms with Gasteiger partial charge in [0.2, 0.25) is 0 Å². The van der Waals surface area contributed by atoms with Crippen LogP contribution in [-0.2, 0) is 19.6 Å². The largest absolute Gasteiger partial charge is 0.486 e. The lowest BCUT2D eigenvalue weighted by atomic mass is 10.1. The molecular formula is C20H19ClN2OS. The molecule has 1 aliphatic carbocycles. The lowest BCUT2D eigenvalue weighted by Gasteiger charge is -2.12. The highest BCUT2D eigenvalue weighted by atomic mass is 35.5. The van der Waals surface area contributed by atoms with Gasteiger partial charge in [0.1, 0.15) is 17.4 Å². The van der Waals surface area contributed by atoms with E-state index in [1.165, 1.54) is 11.1 Å². The molecule has 0 bridgehead atoms. The monoisotopic (exact) mass is 370 g/mol. The molecule has 25 heavy (non-hydrogen) atoms. The number of aryl methyl sites for hydroxylation is 1. The highest BCUT2D eigenvalue weighted by Gasteiger charge is 2.21. The Bertz CT molecular complexity index is 847. The quantitative estimate of drug-likeness (QED) is 0.651. The Labute approximate surface area is 156 Å². The number of hydrogen-bond acceptors (Lipinski definition) is 4. The van der Waals surface area contributed by atoms with Crippen LogP contribution in [0, 0.1) is 0 Å². The van der Waals surface area contributed by atoms with Crippen LogP contribution < -0.4 is 10.1 Å². The van der Waals surface area contributed by atoms with Gasteiger partial charge in [0.05, 0.1) is 5.69 Å². The van der Waals surface area contributed by atoms with Crippen LogP contribution in [0.2, 0.25) is 5.02 Å². The zero-order chi connectivity index (χ0) is 17.1. The summed E-state index contributed by atoms with van der Waals surface area (Å²) in [5, 5.41) is 7.44. The van der Waals surface area contributed by atoms with E-state index in [4.69, 9.17) is 16.3 Å². The summed E-state index contributed by atoms with van der Waals surface area (Å²) < 4.78 is 5.75. The van der Waals surface area contributed by atoms with E-state index in [-0.39, 0.29) is 0 Å². The van der Waals surface area contributed by atoms with E-state index in [1.807, 2.05) is 24.3 Å². The van der Waals surface area contributed by atoms with E-state index in [0.717, 1.165) is 35.8 Å². The number of benzene rings is 2. The Morgan fingerprint density at radius 2 is 2.00 bits per heavy atom. The number of thiazole rings is 1. The summed E-state index contributed by atoms with van der Waals surface area (Å²) in [6, 6.07) is 16.5. The summed E-state index contributed by atoms with van der Waals surface area (Å²) in [7, 11) is 0. The van der Waals surface area contributed by atoms with Crippen LogP contribution in [-0.4, -0.2) is 4.98 Å². The van der Waals surface area contributed by atoms with Gasteiger partial charge in [-0.1, -0.05) is 35.9 Å². The van der Waals surface area contributed by atoms with E-state index in [2.05, 4.69) is 39.9 Å². The standard InChI is InChI=1S/C20H19ClN2OS/c21-15-6-8-17(9-7-15)24-12-20-23-16(13-25-20)11-22-19-10-5-14-3-1-2-4-18(14)19/h1-4,6-9,13,19,22H,5,10-12H2. The normalized spacial score (nSPS) is 16.0. The van der Waals surface area contributed by atoms with Crippen LogP contribution in [0.1, 0.15) is 34.3 Å². The summed E-state index contributed by atoms with van der Waals surface area (Å²) in [6.45, 7) is 1.27. The zero-order valence-electron chi connectivity index (χ0n) is 13.7. The molecule has 1 aliphatic rings. The Morgan fingerprint density at radius 3 is 2.88 bits per heavy atom. The molecular weight excluding hydrogens is 352 g/mol. The molecule has 3 nitrogen and oxygen atoms in total. The van der Waals surface area contributed by atoms with Crippen molar-refractivity contribution in [1.82, 2.24) is 10.3 Å². The van der Waals surface area contributed by atoms with Crippen molar-refractivity contribution in [1.29, 1.82) is 0 Å². The number of rotatable bonds is 6. The van der Waals surface area contributed by atoms with Crippen molar-refractivity contribution in [3.05, 3.63) is 80.8 Å². The summed E-state index contributed by atoms with van der Waals surface area (Å²) in [6.07, 6.45) is 2.32. The number of nitrogens with one attached hydrogen (secondary N) is 1. The van der Waals surface area contributed by atoms with Gasteiger partial charge in [-0.3, -0.25) is 0 Å². The summed E-state index contributed by atoms with van der Waals surface area (Å²) >= 11 is 7.52. The summed E-state index contributed by atoms with van der Waals surface area (Å²) in [4.78, 5) is 4.66. The average Bonchev–Trinajstić information content (AvgIpc) is 3.26. The third-order valence-corrected chi connectivity index (χ3v) is 5.56. The minimum atomic E-state index is 0.437. The van der Waals surface area contributed by atoms with Crippen molar-refractivity contribution in [2.45, 2.75) is 32.0 Å². The molecule has 0 spiro atoms. The predicted molar refractivity (Wildman–Crippen MR) is 102 cm³/mol. The van der Waals surface area contributed by atoms with Gasteiger partial charge in [-0.15, -0.1) is 11.3 Å². The molecule has 0 fully saturated rings. The fourth-order valence-corrected chi connectivity index (χ4v) is 4.00. The number of fused-ring (bicyclic) bond motifs is 1. The molecule has 1 unspecified atom stereocenters. The third kappa shape index (κ3) is 4.03. The SMILES string of the molecule is Clc1ccc(OCc2nc(CNC3CCc4ccccc43)cs2)cc1. The fourth-order valence-electron chi connectivity index (χ4n) is 3.17. The van der Waals surface area contributed by atoms with Crippen molar-refractivity contribution >= 4 is 22.9 Å². The molecule has 0 radical (unpaired) electrons. The van der Waals surface area contributed by atoms with Crippen molar-refractivity contribution in [3.8, 4) is 5.75 Å². The van der Waals surface area contributed by atoms with E-state index < -0.39 is 0 Å². The van der Waals surface area contributed by atoms with Gasteiger partial charge in [-0.25, -0.2) is 4.98 Å². The summed E-state index contributed by atoms with van der Waals surface area (Å²) in [5.41, 5.74) is 3.98. The van der Waals surface area contributed by atoms with Gasteiger partial charge in [0.15, 0.2) is 0 Å². The molecule has 4 rings (SSSR count). The molecule has 5 heteroatoms. The van der Waals surface area contributed by atoms with Crippen LogP contribution in [0.25, 0.3) is 0 Å². The molecule has 3 aromatic rings. The molecule has 1 N–H and O–H groups in total. The van der Waals surface area contributed by atoms with Crippen LogP contribution in [0.3, 0.4) is 0 Å². The van der Waals surface area contributed by atoms with E-state index in [9.17, 15) is 0 Å². The van der Waals surface area contributed by atoms with Crippen molar-refractivity contribution in [2.24, 2.45) is 0 Å². The van der Waals surface area contributed by atoms with Crippen molar-refractivity contribution < 1.29 is 4.74 Å². The molecule has 1 atom stereocenters. The summed E-state index contributed by atoms with van der Waals surface area (Å²) in [5.74, 6) is 0.807. The zero-order valence-corrected chi connectivity index (χ0v) is 15.3. The Kier molecular flexibility index (Phi) is 5.02. The smallest absolute Gasteiger partial charge is 0.140 e. The van der Waals surface area contributed by atoms with Gasteiger partial charge >= 0.3 is 0 Å². The molecule has 128 valence electrons. The first-order valence-electron chi connectivity index (χ1n) is 8.41. The second kappa shape index (κ2) is 7.56. The second-order valence-corrected chi connectivity index (χ2v) is 7.53. The van der Waals surface area contributed by atoms with E-state index in [1.54, 1.807) is 11.3 Å². The van der Waals surface area contributed by atoms with Crippen LogP contribution in [0.4, 0.5) is 0 Å². The number of hydrogen-bond donors (Lipinski definition) is 1. The maximum atomic E-state index is 5.88. The first-order chi connectivity index (χ1) is 12.3. The lowest BCUT2D eigenvalue weighted by molar-refractivity contribution is 0.305. The average molecular weight is 371 g/mol. The van der Waals surface area contributed by atoms with Crippen molar-refractivity contribution in [3.63, 3.8) is 0 Å². The van der Waals surface area contributed by atoms with E-state index in [0.29, 0.717) is 17.7 Å². The lowest BCUT2D eigenvalue weighted by Crippen LogP contribution is -2.18. The number of aromatic nitrogens is 1. The van der Waals surface area contributed by atoms with Gasteiger partial charge in [-0.05, 0) is 48.2 Å². The molecule has 0 amide bonds. The van der Waals surface area contributed by atoms with Gasteiger partial charge in [-0.2, -0.15) is 0 Å². The van der Waals surface area contributed by atoms with Crippen LogP contribution >= 0.6 is 22.9 Å². The van der Waals surface area contributed by atoms with Crippen LogP contribution in [0.15, 0.2) is 53.9 Å². The highest BCUT2D eigenvalue weighted by molar-refractivity contribution is 7.09. The second-order valence-electron chi connectivity index (χ2n) is 6.15. The van der Waals surface area contributed by atoms with Gasteiger partial charge in [0.25, 0.3) is 0 Å². The first kappa shape index (κ1) is 16.6. The van der Waals surface area contributed by atoms with E-state index >= 15 is 0 Å². The minimum absolute atomic E-state index is 0.437. The topological polar surface area (TPSA) is 34.1 Å². The fraction of sp³-hybridized carbons (Fsp3) is 0.250. The highest BCUT2D eigenvalue weighted by Crippen LogP contribution is 2.31. The molecule has 0 saturated carbocycles. The molecule has 1 aromatic heterocycles. The Balaban J connectivity index is 1.31. The Hall–Kier alpha value is -1.88. The predicted octanol–water partition coefficient (Wildman–Crippen LogP) is 5.15. The number of nitrogens with zero attached hydrogens (tertiary/aromatic N) is 1. The van der Waals surface area contributed by atoms with Gasteiger partial charge < -0.3 is 10.1 Å². The molecule has 1 heterocycles. The first-order valence-corrected chi connectivity index (χ1v) is 9.66. The molecule has 0 saturated heterocycles. The van der Waals surface area contributed by atoms with Crippen molar-refractivity contribution in [2.75, 3.05) is 0 Å². The number of ether oxygens (including phenoxy) is 1. The van der Waals surface area contributed by atoms with Crippen LogP contribution in [0.5, 0.6) is 5.75 Å². The maximum absolute atomic E-state index is 5.88. The minimum Gasteiger partial charge on any atom is -0.486 e. The Morgan fingerprint density at radius 1 is 1.16 bits per heavy atom. The van der Waals surface area contributed by atoms with Gasteiger partial charge in [0, 0.05) is 23.0 Å².